The van der Waals surface area contributed by atoms with Crippen LogP contribution in [0.25, 0.3) is 0 Å². The van der Waals surface area contributed by atoms with E-state index < -0.39 is 17.8 Å². The van der Waals surface area contributed by atoms with Crippen molar-refractivity contribution < 1.29 is 24.5 Å². The lowest BCUT2D eigenvalue weighted by atomic mass is 9.80. The summed E-state index contributed by atoms with van der Waals surface area (Å²) in [7, 11) is 0. The fourth-order valence-electron chi connectivity index (χ4n) is 3.75. The van der Waals surface area contributed by atoms with Gasteiger partial charge in [0.15, 0.2) is 0 Å². The topological polar surface area (TPSA) is 105 Å². The highest BCUT2D eigenvalue weighted by molar-refractivity contribution is 5.94. The highest BCUT2D eigenvalue weighted by Gasteiger charge is 2.48. The van der Waals surface area contributed by atoms with Gasteiger partial charge in [0.25, 0.3) is 5.91 Å². The number of hydrogen-bond donors (Lipinski definition) is 3. The van der Waals surface area contributed by atoms with E-state index in [1.807, 2.05) is 13.0 Å². The lowest BCUT2D eigenvalue weighted by Crippen LogP contribution is -2.60. The van der Waals surface area contributed by atoms with E-state index >= 15 is 0 Å². The molecule has 2 fully saturated rings. The Morgan fingerprint density at radius 2 is 2.12 bits per heavy atom. The number of piperidine rings is 1. The number of aliphatic hydroxyl groups excluding tert-OH is 2. The second kappa shape index (κ2) is 7.92. The smallest absolute Gasteiger partial charge is 0.253 e. The molecule has 1 aromatic rings. The fraction of sp³-hybridized carbons (Fsp3) is 0.632. The highest BCUT2D eigenvalue weighted by atomic mass is 16.5. The van der Waals surface area contributed by atoms with Gasteiger partial charge in [0.05, 0.1) is 18.3 Å². The zero-order chi connectivity index (χ0) is 18.7. The van der Waals surface area contributed by atoms with E-state index in [0.29, 0.717) is 63.4 Å². The van der Waals surface area contributed by atoms with Crippen molar-refractivity contribution in [3.05, 3.63) is 29.3 Å². The standard InChI is InChI=1S/C19H28N2O5/c1-13-2-3-14(12-16(13)25-11-7-20)18(24)21-8-5-19(6-9-21)17(23)15(22)4-10-26-19/h2-3,12,15,17,22-23H,4-11,20H2,1H3/t15-,17-/m0/s1. The zero-order valence-corrected chi connectivity index (χ0v) is 15.2. The molecule has 0 aromatic heterocycles. The van der Waals surface area contributed by atoms with E-state index in [2.05, 4.69) is 0 Å². The number of nitrogens with two attached hydrogens (primary N) is 1. The maximum atomic E-state index is 12.8. The number of benzene rings is 1. The van der Waals surface area contributed by atoms with Gasteiger partial charge >= 0.3 is 0 Å². The molecular weight excluding hydrogens is 336 g/mol. The maximum absolute atomic E-state index is 12.8. The molecule has 4 N–H and O–H groups in total. The number of aliphatic hydroxyl groups is 2. The number of rotatable bonds is 4. The zero-order valence-electron chi connectivity index (χ0n) is 15.2. The molecule has 1 spiro atoms. The molecule has 2 heterocycles. The Hall–Kier alpha value is -1.67. The molecule has 1 aromatic carbocycles. The van der Waals surface area contributed by atoms with Gasteiger partial charge in [-0.05, 0) is 43.9 Å². The van der Waals surface area contributed by atoms with Gasteiger partial charge in [0.1, 0.15) is 18.5 Å². The number of amides is 1. The highest BCUT2D eigenvalue weighted by Crippen LogP contribution is 2.36. The first kappa shape index (κ1) is 19.1. The van der Waals surface area contributed by atoms with Gasteiger partial charge in [-0.25, -0.2) is 0 Å². The maximum Gasteiger partial charge on any atom is 0.253 e. The summed E-state index contributed by atoms with van der Waals surface area (Å²) in [4.78, 5) is 14.6. The first-order chi connectivity index (χ1) is 12.5. The third-order valence-corrected chi connectivity index (χ3v) is 5.41. The van der Waals surface area contributed by atoms with Crippen LogP contribution in [-0.4, -0.2) is 71.7 Å². The monoisotopic (exact) mass is 364 g/mol. The lowest BCUT2D eigenvalue weighted by Gasteiger charge is -2.48. The number of carbonyl (C=O) groups is 1. The Kier molecular flexibility index (Phi) is 5.82. The minimum absolute atomic E-state index is 0.0664. The number of likely N-dealkylation sites (tertiary alicyclic amines) is 1. The van der Waals surface area contributed by atoms with E-state index in [1.165, 1.54) is 0 Å². The van der Waals surface area contributed by atoms with E-state index in [9.17, 15) is 15.0 Å². The summed E-state index contributed by atoms with van der Waals surface area (Å²) in [6.07, 6.45) is -0.186. The Morgan fingerprint density at radius 1 is 1.38 bits per heavy atom. The number of carbonyl (C=O) groups excluding carboxylic acids is 1. The molecule has 2 saturated heterocycles. The SMILES string of the molecule is Cc1ccc(C(=O)N2CCC3(CC2)OCC[C@H](O)[C@@H]3O)cc1OCCN. The number of ether oxygens (including phenoxy) is 2. The summed E-state index contributed by atoms with van der Waals surface area (Å²) in [6, 6.07) is 5.43. The van der Waals surface area contributed by atoms with Gasteiger partial charge in [0, 0.05) is 25.2 Å². The van der Waals surface area contributed by atoms with E-state index in [-0.39, 0.29) is 5.91 Å². The molecule has 0 unspecified atom stereocenters. The van der Waals surface area contributed by atoms with Crippen LogP contribution in [0.2, 0.25) is 0 Å². The van der Waals surface area contributed by atoms with Gasteiger partial charge in [-0.15, -0.1) is 0 Å². The van der Waals surface area contributed by atoms with E-state index in [0.717, 1.165) is 5.56 Å². The third kappa shape index (κ3) is 3.71. The third-order valence-electron chi connectivity index (χ3n) is 5.41. The van der Waals surface area contributed by atoms with Crippen LogP contribution < -0.4 is 10.5 Å². The quantitative estimate of drug-likeness (QED) is 0.716. The summed E-state index contributed by atoms with van der Waals surface area (Å²) >= 11 is 0. The van der Waals surface area contributed by atoms with Crippen LogP contribution in [0, 0.1) is 6.92 Å². The van der Waals surface area contributed by atoms with Crippen LogP contribution >= 0.6 is 0 Å². The van der Waals surface area contributed by atoms with Gasteiger partial charge in [-0.1, -0.05) is 6.07 Å². The Morgan fingerprint density at radius 3 is 2.81 bits per heavy atom. The Bertz CT molecular complexity index is 643. The molecule has 3 rings (SSSR count). The lowest BCUT2D eigenvalue weighted by molar-refractivity contribution is -0.212. The predicted molar refractivity (Wildman–Crippen MR) is 96.2 cm³/mol. The van der Waals surface area contributed by atoms with Crippen molar-refractivity contribution in [1.29, 1.82) is 0 Å². The van der Waals surface area contributed by atoms with Crippen LogP contribution in [0.15, 0.2) is 18.2 Å². The molecule has 2 aliphatic rings. The number of hydrogen-bond acceptors (Lipinski definition) is 6. The predicted octanol–water partition coefficient (Wildman–Crippen LogP) is 0.449. The summed E-state index contributed by atoms with van der Waals surface area (Å²) in [5, 5.41) is 20.3. The molecule has 0 saturated carbocycles. The molecule has 0 bridgehead atoms. The molecule has 2 atom stereocenters. The molecule has 26 heavy (non-hydrogen) atoms. The van der Waals surface area contributed by atoms with E-state index in [1.54, 1.807) is 17.0 Å². The second-order valence-electron chi connectivity index (χ2n) is 7.12. The molecule has 0 radical (unpaired) electrons. The average molecular weight is 364 g/mol. The van der Waals surface area contributed by atoms with Crippen molar-refractivity contribution in [3.8, 4) is 5.75 Å². The van der Waals surface area contributed by atoms with Gasteiger partial charge in [-0.2, -0.15) is 0 Å². The van der Waals surface area contributed by atoms with Gasteiger partial charge in [0.2, 0.25) is 0 Å². The molecule has 0 aliphatic carbocycles. The van der Waals surface area contributed by atoms with Crippen molar-refractivity contribution in [3.63, 3.8) is 0 Å². The number of aryl methyl sites for hydroxylation is 1. The molecule has 2 aliphatic heterocycles. The minimum Gasteiger partial charge on any atom is -0.492 e. The van der Waals surface area contributed by atoms with Crippen molar-refractivity contribution in [2.24, 2.45) is 5.73 Å². The molecule has 7 nitrogen and oxygen atoms in total. The van der Waals surface area contributed by atoms with Crippen LogP contribution in [-0.2, 0) is 4.74 Å². The Balaban J connectivity index is 1.67. The van der Waals surface area contributed by atoms with Crippen LogP contribution in [0.4, 0.5) is 0 Å². The van der Waals surface area contributed by atoms with Gasteiger partial charge < -0.3 is 30.3 Å². The first-order valence-corrected chi connectivity index (χ1v) is 9.20. The fourth-order valence-corrected chi connectivity index (χ4v) is 3.75. The van der Waals surface area contributed by atoms with Crippen molar-refractivity contribution in [1.82, 2.24) is 4.90 Å². The van der Waals surface area contributed by atoms with Crippen molar-refractivity contribution in [2.45, 2.75) is 44.0 Å². The minimum atomic E-state index is -0.899. The van der Waals surface area contributed by atoms with Gasteiger partial charge in [-0.3, -0.25) is 4.79 Å². The summed E-state index contributed by atoms with van der Waals surface area (Å²) in [6.45, 7) is 4.15. The largest absolute Gasteiger partial charge is 0.492 e. The van der Waals surface area contributed by atoms with Crippen LogP contribution in [0.1, 0.15) is 35.2 Å². The Labute approximate surface area is 153 Å². The molecule has 144 valence electrons. The average Bonchev–Trinajstić information content (AvgIpc) is 2.65. The first-order valence-electron chi connectivity index (χ1n) is 9.20. The summed E-state index contributed by atoms with van der Waals surface area (Å²) in [5.74, 6) is 0.604. The van der Waals surface area contributed by atoms with Crippen molar-refractivity contribution in [2.75, 3.05) is 32.8 Å². The van der Waals surface area contributed by atoms with Crippen LogP contribution in [0.5, 0.6) is 5.75 Å². The molecular formula is C19H28N2O5. The van der Waals surface area contributed by atoms with Crippen molar-refractivity contribution >= 4 is 5.91 Å². The van der Waals surface area contributed by atoms with E-state index in [4.69, 9.17) is 15.2 Å². The number of nitrogens with zero attached hydrogens (tertiary/aromatic N) is 1. The second-order valence-corrected chi connectivity index (χ2v) is 7.12. The summed E-state index contributed by atoms with van der Waals surface area (Å²) < 4.78 is 11.4. The molecule has 1 amide bonds. The normalized spacial score (nSPS) is 25.3. The van der Waals surface area contributed by atoms with Crippen LogP contribution in [0.3, 0.4) is 0 Å². The molecule has 7 heteroatoms. The summed E-state index contributed by atoms with van der Waals surface area (Å²) in [5.41, 5.74) is 6.27.